The van der Waals surface area contributed by atoms with Gasteiger partial charge in [-0.1, -0.05) is 24.0 Å². The summed E-state index contributed by atoms with van der Waals surface area (Å²) in [6.07, 6.45) is 9.86. The van der Waals surface area contributed by atoms with Crippen LogP contribution in [0.3, 0.4) is 0 Å². The predicted molar refractivity (Wildman–Crippen MR) is 166 cm³/mol. The maximum atomic E-state index is 14.4. The molecule has 0 atom stereocenters. The maximum Gasteiger partial charge on any atom is 0.337 e. The van der Waals surface area contributed by atoms with E-state index in [1.54, 1.807) is 47.3 Å². The number of amides is 1. The third-order valence-electron chi connectivity index (χ3n) is 8.00. The Labute approximate surface area is 255 Å². The summed E-state index contributed by atoms with van der Waals surface area (Å²) in [6.45, 7) is 0. The van der Waals surface area contributed by atoms with Crippen molar-refractivity contribution in [2.24, 2.45) is 0 Å². The Morgan fingerprint density at radius 2 is 1.76 bits per heavy atom. The van der Waals surface area contributed by atoms with E-state index in [0.717, 1.165) is 17.8 Å². The Hall–Kier alpha value is -5.89. The molecule has 0 aliphatic heterocycles. The highest BCUT2D eigenvalue weighted by Gasteiger charge is 2.28. The molecule has 0 unspecified atom stereocenters. The van der Waals surface area contributed by atoms with Crippen LogP contribution in [0, 0.1) is 17.7 Å². The number of fused-ring (bicyclic) bond motifs is 2. The number of nitrogens with zero attached hydrogens (tertiary/aromatic N) is 6. The number of hydrogen-bond acceptors (Lipinski definition) is 6. The number of benzene rings is 1. The van der Waals surface area contributed by atoms with Crippen LogP contribution in [0.1, 0.15) is 53.3 Å². The third-order valence-corrected chi connectivity index (χ3v) is 8.00. The van der Waals surface area contributed by atoms with Gasteiger partial charge in [0.15, 0.2) is 5.65 Å². The molecule has 1 aliphatic rings. The van der Waals surface area contributed by atoms with Gasteiger partial charge in [0.2, 0.25) is 0 Å². The molecule has 1 aliphatic carbocycles. The van der Waals surface area contributed by atoms with Crippen molar-refractivity contribution in [3.8, 4) is 17.5 Å². The molecule has 0 saturated heterocycles. The monoisotopic (exact) mass is 599 g/mol. The molecule has 7 rings (SSSR count). The SMILES string of the molecule is O=C(NC1CCC(n2c(=O)c3cc(F)cnc3n(-c3cccc(C#Cc4cccnc4)c3)c2=O)CC1)c1cn2ccccc2n1. The molecule has 1 aromatic carbocycles. The Morgan fingerprint density at radius 1 is 0.933 bits per heavy atom. The second-order valence-corrected chi connectivity index (χ2v) is 10.9. The zero-order chi connectivity index (χ0) is 30.9. The van der Waals surface area contributed by atoms with Gasteiger partial charge in [-0.15, -0.1) is 0 Å². The Bertz CT molecular complexity index is 2220. The number of carbonyl (C=O) groups is 1. The molecule has 0 bridgehead atoms. The van der Waals surface area contributed by atoms with E-state index >= 15 is 0 Å². The summed E-state index contributed by atoms with van der Waals surface area (Å²) >= 11 is 0. The van der Waals surface area contributed by atoms with E-state index in [1.165, 1.54) is 9.13 Å². The van der Waals surface area contributed by atoms with Crippen molar-refractivity contribution in [2.75, 3.05) is 0 Å². The van der Waals surface area contributed by atoms with E-state index < -0.39 is 23.1 Å². The molecule has 1 saturated carbocycles. The number of aromatic nitrogens is 6. The van der Waals surface area contributed by atoms with Crippen LogP contribution in [0.15, 0.2) is 101 Å². The lowest BCUT2D eigenvalue weighted by Crippen LogP contribution is -2.45. The van der Waals surface area contributed by atoms with Crippen molar-refractivity contribution in [1.82, 2.24) is 33.8 Å². The average Bonchev–Trinajstić information content (AvgIpc) is 3.51. The molecule has 0 spiro atoms. The van der Waals surface area contributed by atoms with Gasteiger partial charge in [-0.05, 0) is 74.2 Å². The summed E-state index contributed by atoms with van der Waals surface area (Å²) < 4.78 is 18.7. The highest BCUT2D eigenvalue weighted by Crippen LogP contribution is 2.28. The number of halogens is 1. The summed E-state index contributed by atoms with van der Waals surface area (Å²) in [5.41, 5.74) is 1.72. The van der Waals surface area contributed by atoms with E-state index in [-0.39, 0.29) is 23.0 Å². The molecule has 10 nitrogen and oxygen atoms in total. The van der Waals surface area contributed by atoms with Crippen LogP contribution < -0.4 is 16.6 Å². The van der Waals surface area contributed by atoms with Crippen LogP contribution in [0.4, 0.5) is 4.39 Å². The fourth-order valence-corrected chi connectivity index (χ4v) is 5.82. The normalized spacial score (nSPS) is 16.3. The molecule has 11 heteroatoms. The molecule has 0 radical (unpaired) electrons. The van der Waals surface area contributed by atoms with Crippen molar-refractivity contribution < 1.29 is 9.18 Å². The van der Waals surface area contributed by atoms with Crippen LogP contribution in [-0.4, -0.2) is 40.4 Å². The zero-order valence-electron chi connectivity index (χ0n) is 23.9. The highest BCUT2D eigenvalue weighted by molar-refractivity contribution is 5.93. The predicted octanol–water partition coefficient (Wildman–Crippen LogP) is 4.04. The summed E-state index contributed by atoms with van der Waals surface area (Å²) in [4.78, 5) is 53.3. The topological polar surface area (TPSA) is 116 Å². The Kier molecular flexibility index (Phi) is 7.23. The lowest BCUT2D eigenvalue weighted by atomic mass is 9.90. The van der Waals surface area contributed by atoms with Crippen LogP contribution >= 0.6 is 0 Å². The first-order valence-corrected chi connectivity index (χ1v) is 14.5. The second-order valence-electron chi connectivity index (χ2n) is 10.9. The average molecular weight is 600 g/mol. The largest absolute Gasteiger partial charge is 0.348 e. The highest BCUT2D eigenvalue weighted by atomic mass is 19.1. The van der Waals surface area contributed by atoms with Gasteiger partial charge in [0.05, 0.1) is 17.3 Å². The van der Waals surface area contributed by atoms with Crippen molar-refractivity contribution in [2.45, 2.75) is 37.8 Å². The molecule has 6 aromatic rings. The van der Waals surface area contributed by atoms with Crippen LogP contribution in [-0.2, 0) is 0 Å². The maximum absolute atomic E-state index is 14.4. The van der Waals surface area contributed by atoms with Gasteiger partial charge in [-0.3, -0.25) is 19.1 Å². The van der Waals surface area contributed by atoms with E-state index in [1.807, 2.05) is 36.5 Å². The van der Waals surface area contributed by atoms with Crippen molar-refractivity contribution in [3.63, 3.8) is 0 Å². The number of nitrogens with one attached hydrogen (secondary N) is 1. The zero-order valence-corrected chi connectivity index (χ0v) is 23.9. The Morgan fingerprint density at radius 3 is 2.56 bits per heavy atom. The second kappa shape index (κ2) is 11.7. The van der Waals surface area contributed by atoms with Gasteiger partial charge in [0.25, 0.3) is 11.5 Å². The van der Waals surface area contributed by atoms with Gasteiger partial charge < -0.3 is 9.72 Å². The minimum atomic E-state index is -0.675. The molecule has 5 aromatic heterocycles. The van der Waals surface area contributed by atoms with E-state index in [9.17, 15) is 18.8 Å². The molecule has 45 heavy (non-hydrogen) atoms. The summed E-state index contributed by atoms with van der Waals surface area (Å²) in [5, 5.41) is 3.04. The van der Waals surface area contributed by atoms with Crippen LogP contribution in [0.25, 0.3) is 22.4 Å². The van der Waals surface area contributed by atoms with Gasteiger partial charge in [0.1, 0.15) is 17.2 Å². The number of imidazole rings is 1. The molecular weight excluding hydrogens is 573 g/mol. The van der Waals surface area contributed by atoms with E-state index in [2.05, 4.69) is 32.1 Å². The van der Waals surface area contributed by atoms with Gasteiger partial charge in [-0.25, -0.2) is 23.7 Å². The summed E-state index contributed by atoms with van der Waals surface area (Å²) in [7, 11) is 0. The van der Waals surface area contributed by atoms with Gasteiger partial charge >= 0.3 is 5.69 Å². The fourth-order valence-electron chi connectivity index (χ4n) is 5.82. The lowest BCUT2D eigenvalue weighted by Gasteiger charge is -2.30. The summed E-state index contributed by atoms with van der Waals surface area (Å²) in [6, 6.07) is 16.7. The molecule has 1 N–H and O–H groups in total. The van der Waals surface area contributed by atoms with Crippen LogP contribution in [0.5, 0.6) is 0 Å². The quantitative estimate of drug-likeness (QED) is 0.306. The number of rotatable bonds is 4. The van der Waals surface area contributed by atoms with Crippen molar-refractivity contribution in [1.29, 1.82) is 0 Å². The molecule has 222 valence electrons. The third kappa shape index (κ3) is 5.49. The summed E-state index contributed by atoms with van der Waals surface area (Å²) in [5.74, 6) is 5.18. The van der Waals surface area contributed by atoms with Gasteiger partial charge in [-0.2, -0.15) is 0 Å². The van der Waals surface area contributed by atoms with Crippen LogP contribution in [0.2, 0.25) is 0 Å². The number of pyridine rings is 3. The smallest absolute Gasteiger partial charge is 0.337 e. The molecule has 1 amide bonds. The van der Waals surface area contributed by atoms with E-state index in [0.29, 0.717) is 48.3 Å². The fraction of sp³-hybridized carbons (Fsp3) is 0.176. The first-order chi connectivity index (χ1) is 21.9. The lowest BCUT2D eigenvalue weighted by molar-refractivity contribution is 0.0917. The first-order valence-electron chi connectivity index (χ1n) is 14.5. The molecule has 5 heterocycles. The first kappa shape index (κ1) is 27.9. The number of carbonyl (C=O) groups excluding carboxylic acids is 1. The minimum Gasteiger partial charge on any atom is -0.348 e. The van der Waals surface area contributed by atoms with Crippen molar-refractivity contribution >= 4 is 22.6 Å². The van der Waals surface area contributed by atoms with E-state index in [4.69, 9.17) is 0 Å². The number of hydrogen-bond donors (Lipinski definition) is 1. The Balaban J connectivity index is 1.19. The minimum absolute atomic E-state index is 0.00345. The molecular formula is C34H26FN7O3. The van der Waals surface area contributed by atoms with Gasteiger partial charge in [0, 0.05) is 48.0 Å². The van der Waals surface area contributed by atoms with Crippen molar-refractivity contribution in [3.05, 3.63) is 135 Å². The standard InChI is InChI=1S/C34H26FN7O3/c35-24-18-28-31(37-20-24)41(27-7-3-5-22(17-27)9-10-23-6-4-15-36-19-23)34(45)42(33(28)44)26-13-11-25(12-14-26)38-32(43)29-21-40-16-2-1-8-30(40)39-29/h1-8,15-21,25-26H,11-14H2,(H,38,43). The molecule has 1 fully saturated rings.